The quantitative estimate of drug-likeness (QED) is 0.649. The van der Waals surface area contributed by atoms with Crippen LogP contribution >= 0.6 is 0 Å². The summed E-state index contributed by atoms with van der Waals surface area (Å²) in [5.41, 5.74) is 0.331. The molecule has 0 aromatic rings. The summed E-state index contributed by atoms with van der Waals surface area (Å²) in [5, 5.41) is 0. The van der Waals surface area contributed by atoms with Gasteiger partial charge in [-0.2, -0.15) is 0 Å². The first-order valence-electron chi connectivity index (χ1n) is 6.95. The Morgan fingerprint density at radius 1 is 1.29 bits per heavy atom. The Morgan fingerprint density at radius 3 is 2.24 bits per heavy atom. The third kappa shape index (κ3) is 2.59. The number of methoxy groups -OCH3 is 1. The van der Waals surface area contributed by atoms with Crippen LogP contribution < -0.4 is 0 Å². The Hall–Kier alpha value is -0.300. The molecule has 0 bridgehead atoms. The fourth-order valence-electron chi connectivity index (χ4n) is 3.50. The van der Waals surface area contributed by atoms with Gasteiger partial charge < -0.3 is 4.74 Å². The van der Waals surface area contributed by atoms with Gasteiger partial charge >= 0.3 is 0 Å². The van der Waals surface area contributed by atoms with Crippen LogP contribution in [0.25, 0.3) is 0 Å². The summed E-state index contributed by atoms with van der Waals surface area (Å²) in [5.74, 6) is 1.56. The first kappa shape index (κ1) is 14.8. The molecule has 1 heteroatoms. The molecule has 0 spiro atoms. The summed E-state index contributed by atoms with van der Waals surface area (Å²) < 4.78 is 5.78. The molecule has 0 radical (unpaired) electrons. The van der Waals surface area contributed by atoms with Crippen molar-refractivity contribution in [3.05, 3.63) is 12.7 Å². The van der Waals surface area contributed by atoms with Crippen LogP contribution in [0.4, 0.5) is 0 Å². The molecule has 0 unspecified atom stereocenters. The molecular weight excluding hydrogens is 208 g/mol. The highest BCUT2D eigenvalue weighted by atomic mass is 16.5. The third-order valence-corrected chi connectivity index (χ3v) is 4.96. The molecule has 1 fully saturated rings. The molecule has 100 valence electrons. The van der Waals surface area contributed by atoms with Crippen molar-refractivity contribution >= 4 is 0 Å². The second-order valence-electron chi connectivity index (χ2n) is 7.00. The lowest BCUT2D eigenvalue weighted by atomic mass is 9.54. The van der Waals surface area contributed by atoms with Gasteiger partial charge in [0.05, 0.1) is 6.10 Å². The van der Waals surface area contributed by atoms with Gasteiger partial charge in [-0.15, -0.1) is 6.58 Å². The molecule has 0 aromatic heterocycles. The Bertz CT molecular complexity index is 261. The van der Waals surface area contributed by atoms with Crippen LogP contribution in [0.5, 0.6) is 0 Å². The van der Waals surface area contributed by atoms with Crippen molar-refractivity contribution in [3.8, 4) is 0 Å². The average molecular weight is 238 g/mol. The van der Waals surface area contributed by atoms with Gasteiger partial charge in [0.2, 0.25) is 0 Å². The van der Waals surface area contributed by atoms with E-state index in [0.717, 1.165) is 11.8 Å². The summed E-state index contributed by atoms with van der Waals surface area (Å²) in [7, 11) is 1.85. The minimum atomic E-state index is 0.120. The van der Waals surface area contributed by atoms with Crippen molar-refractivity contribution in [2.45, 2.75) is 60.0 Å². The van der Waals surface area contributed by atoms with E-state index in [0.29, 0.717) is 6.10 Å². The van der Waals surface area contributed by atoms with Crippen LogP contribution in [0.15, 0.2) is 12.7 Å². The van der Waals surface area contributed by atoms with E-state index in [2.05, 4.69) is 47.3 Å². The molecule has 0 amide bonds. The van der Waals surface area contributed by atoms with Gasteiger partial charge in [-0.1, -0.05) is 40.7 Å². The van der Waals surface area contributed by atoms with E-state index in [1.807, 2.05) is 7.11 Å². The van der Waals surface area contributed by atoms with Crippen molar-refractivity contribution in [1.82, 2.24) is 0 Å². The van der Waals surface area contributed by atoms with Gasteiger partial charge in [-0.3, -0.25) is 0 Å². The van der Waals surface area contributed by atoms with E-state index in [9.17, 15) is 0 Å². The van der Waals surface area contributed by atoms with Crippen molar-refractivity contribution in [2.24, 2.45) is 22.7 Å². The maximum Gasteiger partial charge on any atom is 0.0667 e. The topological polar surface area (TPSA) is 9.23 Å². The predicted octanol–water partition coefficient (Wildman–Crippen LogP) is 4.68. The van der Waals surface area contributed by atoms with Gasteiger partial charge in [0, 0.05) is 12.5 Å². The van der Waals surface area contributed by atoms with Crippen LogP contribution in [0.1, 0.15) is 53.9 Å². The monoisotopic (exact) mass is 238 g/mol. The molecule has 3 atom stereocenters. The highest BCUT2D eigenvalue weighted by molar-refractivity contribution is 5.10. The molecular formula is C16H30O. The Labute approximate surface area is 108 Å². The second kappa shape index (κ2) is 5.14. The standard InChI is InChI=1S/C16H30O/c1-8-16(15(4,5)6)11-13(12(2)3)9-10-14(16)17-7/h8,12-14H,1,9-11H2,2-7H3/t13-,14-,16-/m0/s1. The molecule has 0 saturated heterocycles. The number of hydrogen-bond donors (Lipinski definition) is 0. The van der Waals surface area contributed by atoms with Crippen LogP contribution in [-0.4, -0.2) is 13.2 Å². The average Bonchev–Trinajstić information content (AvgIpc) is 2.26. The molecule has 1 saturated carbocycles. The smallest absolute Gasteiger partial charge is 0.0667 e. The number of ether oxygens (including phenoxy) is 1. The van der Waals surface area contributed by atoms with Gasteiger partial charge in [-0.25, -0.2) is 0 Å². The van der Waals surface area contributed by atoms with Crippen LogP contribution in [0.2, 0.25) is 0 Å². The van der Waals surface area contributed by atoms with E-state index >= 15 is 0 Å². The highest BCUT2D eigenvalue weighted by Gasteiger charge is 2.49. The van der Waals surface area contributed by atoms with Gasteiger partial charge in [0.15, 0.2) is 0 Å². The molecule has 0 aliphatic heterocycles. The van der Waals surface area contributed by atoms with E-state index in [1.54, 1.807) is 0 Å². The van der Waals surface area contributed by atoms with Crippen molar-refractivity contribution in [2.75, 3.05) is 7.11 Å². The molecule has 17 heavy (non-hydrogen) atoms. The zero-order valence-electron chi connectivity index (χ0n) is 12.5. The number of rotatable bonds is 3. The fraction of sp³-hybridized carbons (Fsp3) is 0.875. The molecule has 0 heterocycles. The van der Waals surface area contributed by atoms with Crippen molar-refractivity contribution < 1.29 is 4.74 Å². The molecule has 1 nitrogen and oxygen atoms in total. The summed E-state index contributed by atoms with van der Waals surface area (Å²) >= 11 is 0. The Kier molecular flexibility index (Phi) is 4.46. The summed E-state index contributed by atoms with van der Waals surface area (Å²) in [4.78, 5) is 0. The fourth-order valence-corrected chi connectivity index (χ4v) is 3.50. The predicted molar refractivity (Wildman–Crippen MR) is 75.1 cm³/mol. The normalized spacial score (nSPS) is 35.0. The van der Waals surface area contributed by atoms with Gasteiger partial charge in [-0.05, 0) is 36.5 Å². The Morgan fingerprint density at radius 2 is 1.88 bits per heavy atom. The lowest BCUT2D eigenvalue weighted by Gasteiger charge is -2.53. The first-order chi connectivity index (χ1) is 7.78. The molecule has 0 N–H and O–H groups in total. The maximum atomic E-state index is 5.78. The zero-order valence-corrected chi connectivity index (χ0v) is 12.5. The molecule has 1 aliphatic carbocycles. The molecule has 1 aliphatic rings. The van der Waals surface area contributed by atoms with E-state index in [4.69, 9.17) is 4.74 Å². The minimum absolute atomic E-state index is 0.120. The lowest BCUT2D eigenvalue weighted by molar-refractivity contribution is -0.0916. The van der Waals surface area contributed by atoms with E-state index in [1.165, 1.54) is 19.3 Å². The Balaban J connectivity index is 3.06. The number of hydrogen-bond acceptors (Lipinski definition) is 1. The van der Waals surface area contributed by atoms with Gasteiger partial charge in [0.1, 0.15) is 0 Å². The van der Waals surface area contributed by atoms with Crippen molar-refractivity contribution in [3.63, 3.8) is 0 Å². The van der Waals surface area contributed by atoms with E-state index in [-0.39, 0.29) is 10.8 Å². The molecule has 0 aromatic carbocycles. The van der Waals surface area contributed by atoms with Crippen LogP contribution in [-0.2, 0) is 4.74 Å². The lowest BCUT2D eigenvalue weighted by Crippen LogP contribution is -2.49. The summed E-state index contributed by atoms with van der Waals surface area (Å²) in [6.45, 7) is 15.8. The minimum Gasteiger partial charge on any atom is -0.381 e. The van der Waals surface area contributed by atoms with Crippen molar-refractivity contribution in [1.29, 1.82) is 0 Å². The van der Waals surface area contributed by atoms with E-state index < -0.39 is 0 Å². The third-order valence-electron chi connectivity index (χ3n) is 4.96. The molecule has 1 rings (SSSR count). The summed E-state index contributed by atoms with van der Waals surface area (Å²) in [6, 6.07) is 0. The van der Waals surface area contributed by atoms with Crippen LogP contribution in [0, 0.1) is 22.7 Å². The van der Waals surface area contributed by atoms with Crippen LogP contribution in [0.3, 0.4) is 0 Å². The second-order valence-corrected chi connectivity index (χ2v) is 7.00. The maximum absolute atomic E-state index is 5.78. The first-order valence-corrected chi connectivity index (χ1v) is 6.95. The zero-order chi connectivity index (χ0) is 13.3. The van der Waals surface area contributed by atoms with Gasteiger partial charge in [0.25, 0.3) is 0 Å². The summed E-state index contributed by atoms with van der Waals surface area (Å²) in [6.07, 6.45) is 6.19. The highest BCUT2D eigenvalue weighted by Crippen LogP contribution is 2.54. The SMILES string of the molecule is C=C[C@]1(C(C)(C)C)C[C@@H](C(C)C)CC[C@@H]1OC. The largest absolute Gasteiger partial charge is 0.381 e.